The van der Waals surface area contributed by atoms with Crippen LogP contribution in [0.3, 0.4) is 0 Å². The van der Waals surface area contributed by atoms with E-state index >= 15 is 0 Å². The average Bonchev–Trinajstić information content (AvgIpc) is 2.18. The third kappa shape index (κ3) is 3.54. The predicted octanol–water partition coefficient (Wildman–Crippen LogP) is 1.95. The zero-order valence-electron chi connectivity index (χ0n) is 9.04. The second-order valence-electron chi connectivity index (χ2n) is 4.02. The van der Waals surface area contributed by atoms with Crippen molar-refractivity contribution in [3.8, 4) is 0 Å². The molecule has 0 saturated carbocycles. The van der Waals surface area contributed by atoms with Gasteiger partial charge in [0.25, 0.3) is 0 Å². The highest BCUT2D eigenvalue weighted by atomic mass is 35.5. The molecule has 0 radical (unpaired) electrons. The third-order valence-electron chi connectivity index (χ3n) is 2.71. The molecule has 0 bridgehead atoms. The average molecular weight is 236 g/mol. The Morgan fingerprint density at radius 1 is 1.67 bits per heavy atom. The van der Waals surface area contributed by atoms with Crippen molar-refractivity contribution in [3.63, 3.8) is 0 Å². The lowest BCUT2D eigenvalue weighted by Crippen LogP contribution is -2.50. The van der Waals surface area contributed by atoms with Gasteiger partial charge in [-0.3, -0.25) is 0 Å². The molecule has 1 rings (SSSR count). The molecule has 1 saturated heterocycles. The first kappa shape index (κ1) is 12.6. The van der Waals surface area contributed by atoms with Crippen LogP contribution in [0.15, 0.2) is 0 Å². The number of amides is 1. The molecule has 0 spiro atoms. The monoisotopic (exact) mass is 235 g/mol. The quantitative estimate of drug-likeness (QED) is 0.761. The van der Waals surface area contributed by atoms with E-state index in [0.29, 0.717) is 13.1 Å². The van der Waals surface area contributed by atoms with Crippen LogP contribution in [-0.2, 0) is 4.74 Å². The van der Waals surface area contributed by atoms with Crippen molar-refractivity contribution in [1.29, 1.82) is 0 Å². The summed E-state index contributed by atoms with van der Waals surface area (Å²) in [7, 11) is 0. The smallest absolute Gasteiger partial charge is 0.411 e. The Morgan fingerprint density at radius 3 is 3.00 bits per heavy atom. The number of hydrogen-bond donors (Lipinski definition) is 1. The van der Waals surface area contributed by atoms with Crippen molar-refractivity contribution in [3.05, 3.63) is 0 Å². The Bertz CT molecular complexity index is 221. The van der Waals surface area contributed by atoms with Gasteiger partial charge in [-0.15, -0.1) is 0 Å². The molecule has 15 heavy (non-hydrogen) atoms. The van der Waals surface area contributed by atoms with E-state index in [9.17, 15) is 9.90 Å². The van der Waals surface area contributed by atoms with Crippen LogP contribution in [0.2, 0.25) is 0 Å². The van der Waals surface area contributed by atoms with Gasteiger partial charge in [0.15, 0.2) is 6.07 Å². The number of aliphatic hydroxyl groups is 1. The van der Waals surface area contributed by atoms with Gasteiger partial charge < -0.3 is 14.7 Å². The Hall–Kier alpha value is -0.480. The van der Waals surface area contributed by atoms with Gasteiger partial charge in [-0.25, -0.2) is 4.79 Å². The van der Waals surface area contributed by atoms with Crippen LogP contribution in [0.4, 0.5) is 4.79 Å². The van der Waals surface area contributed by atoms with E-state index in [0.717, 1.165) is 25.7 Å². The lowest BCUT2D eigenvalue weighted by atomic mass is 9.89. The van der Waals surface area contributed by atoms with E-state index in [2.05, 4.69) is 0 Å². The maximum absolute atomic E-state index is 11.4. The van der Waals surface area contributed by atoms with E-state index in [-0.39, 0.29) is 6.07 Å². The molecule has 88 valence electrons. The molecule has 1 N–H and O–H groups in total. The minimum atomic E-state index is -0.738. The number of alkyl halides is 1. The normalized spacial score (nSPS) is 26.5. The van der Waals surface area contributed by atoms with Crippen LogP contribution >= 0.6 is 11.6 Å². The molecule has 4 nitrogen and oxygen atoms in total. The Kier molecular flexibility index (Phi) is 4.67. The summed E-state index contributed by atoms with van der Waals surface area (Å²) < 4.78 is 4.69. The first-order chi connectivity index (χ1) is 7.11. The SMILES string of the molecule is CCCC1(O)CCCN(C(=O)OCCl)C1. The number of carbonyl (C=O) groups excluding carboxylic acids is 1. The zero-order chi connectivity index (χ0) is 11.3. The van der Waals surface area contributed by atoms with E-state index in [1.165, 1.54) is 4.90 Å². The molecule has 0 aromatic heterocycles. The minimum Gasteiger partial charge on any atom is -0.433 e. The summed E-state index contributed by atoms with van der Waals surface area (Å²) in [5.41, 5.74) is -0.738. The Morgan fingerprint density at radius 2 is 2.40 bits per heavy atom. The number of likely N-dealkylation sites (tertiary alicyclic amines) is 1. The first-order valence-corrected chi connectivity index (χ1v) is 5.85. The van der Waals surface area contributed by atoms with Crippen LogP contribution in [0, 0.1) is 0 Å². The van der Waals surface area contributed by atoms with Crippen LogP contribution in [0.1, 0.15) is 32.6 Å². The number of hydrogen-bond acceptors (Lipinski definition) is 3. The topological polar surface area (TPSA) is 49.8 Å². The Labute approximate surface area is 95.2 Å². The van der Waals surface area contributed by atoms with E-state index < -0.39 is 11.7 Å². The predicted molar refractivity (Wildman–Crippen MR) is 57.9 cm³/mol. The fourth-order valence-electron chi connectivity index (χ4n) is 2.08. The summed E-state index contributed by atoms with van der Waals surface area (Å²) in [4.78, 5) is 12.9. The highest BCUT2D eigenvalue weighted by molar-refractivity contribution is 6.17. The van der Waals surface area contributed by atoms with Crippen LogP contribution in [-0.4, -0.2) is 40.9 Å². The lowest BCUT2D eigenvalue weighted by Gasteiger charge is -2.38. The lowest BCUT2D eigenvalue weighted by molar-refractivity contribution is -0.0340. The number of ether oxygens (including phenoxy) is 1. The number of rotatable bonds is 3. The third-order valence-corrected chi connectivity index (χ3v) is 2.82. The summed E-state index contributed by atoms with van der Waals surface area (Å²) in [5.74, 6) is 0. The molecular weight excluding hydrogens is 218 g/mol. The van der Waals surface area contributed by atoms with Crippen molar-refractivity contribution < 1.29 is 14.6 Å². The Balaban J connectivity index is 2.51. The fraction of sp³-hybridized carbons (Fsp3) is 0.900. The van der Waals surface area contributed by atoms with Crippen molar-refractivity contribution in [2.45, 2.75) is 38.2 Å². The van der Waals surface area contributed by atoms with Crippen molar-refractivity contribution >= 4 is 17.7 Å². The largest absolute Gasteiger partial charge is 0.433 e. The fourth-order valence-corrected chi connectivity index (χ4v) is 2.17. The molecule has 0 aromatic carbocycles. The van der Waals surface area contributed by atoms with Gasteiger partial charge in [0.2, 0.25) is 0 Å². The highest BCUT2D eigenvalue weighted by Crippen LogP contribution is 2.25. The molecule has 0 aliphatic carbocycles. The summed E-state index contributed by atoms with van der Waals surface area (Å²) in [5, 5.41) is 10.2. The summed E-state index contributed by atoms with van der Waals surface area (Å²) in [6.07, 6.45) is 2.77. The molecule has 1 fully saturated rings. The first-order valence-electron chi connectivity index (χ1n) is 5.31. The summed E-state index contributed by atoms with van der Waals surface area (Å²) in [6.45, 7) is 3.02. The molecule has 1 atom stereocenters. The van der Waals surface area contributed by atoms with Crippen molar-refractivity contribution in [2.75, 3.05) is 19.2 Å². The summed E-state index contributed by atoms with van der Waals surface area (Å²) >= 11 is 5.32. The van der Waals surface area contributed by atoms with E-state index in [4.69, 9.17) is 16.3 Å². The van der Waals surface area contributed by atoms with E-state index in [1.807, 2.05) is 6.92 Å². The molecule has 1 aliphatic rings. The molecule has 1 unspecified atom stereocenters. The standard InChI is InChI=1S/C10H18ClNO3/c1-2-4-10(14)5-3-6-12(7-10)9(13)15-8-11/h14H,2-8H2,1H3. The molecule has 1 amide bonds. The minimum absolute atomic E-state index is 0.137. The van der Waals surface area contributed by atoms with Gasteiger partial charge in [0, 0.05) is 6.54 Å². The van der Waals surface area contributed by atoms with Crippen LogP contribution in [0.5, 0.6) is 0 Å². The molecule has 0 aromatic rings. The van der Waals surface area contributed by atoms with Gasteiger partial charge in [-0.05, 0) is 19.3 Å². The number of β-amino-alcohol motifs (C(OH)–C–C–N with tert-alkyl or cyclic N) is 1. The van der Waals surface area contributed by atoms with Crippen molar-refractivity contribution in [2.24, 2.45) is 0 Å². The molecular formula is C10H18ClNO3. The van der Waals surface area contributed by atoms with Gasteiger partial charge in [-0.2, -0.15) is 0 Å². The van der Waals surface area contributed by atoms with E-state index in [1.54, 1.807) is 0 Å². The maximum atomic E-state index is 11.4. The van der Waals surface area contributed by atoms with Gasteiger partial charge in [0.1, 0.15) is 0 Å². The van der Waals surface area contributed by atoms with Gasteiger partial charge >= 0.3 is 6.09 Å². The molecule has 1 aliphatic heterocycles. The second kappa shape index (κ2) is 5.56. The number of carbonyl (C=O) groups is 1. The number of nitrogens with zero attached hydrogens (tertiary/aromatic N) is 1. The second-order valence-corrected chi connectivity index (χ2v) is 4.24. The molecule has 1 heterocycles. The molecule has 5 heteroatoms. The van der Waals surface area contributed by atoms with Gasteiger partial charge in [-0.1, -0.05) is 24.9 Å². The van der Waals surface area contributed by atoms with Crippen LogP contribution < -0.4 is 0 Å². The zero-order valence-corrected chi connectivity index (χ0v) is 9.79. The highest BCUT2D eigenvalue weighted by Gasteiger charge is 2.34. The van der Waals surface area contributed by atoms with Crippen molar-refractivity contribution in [1.82, 2.24) is 4.90 Å². The summed E-state index contributed by atoms with van der Waals surface area (Å²) in [6, 6.07) is -0.137. The maximum Gasteiger partial charge on any atom is 0.411 e. The number of piperidine rings is 1. The van der Waals surface area contributed by atoms with Crippen LogP contribution in [0.25, 0.3) is 0 Å². The number of halogens is 1. The van der Waals surface area contributed by atoms with Gasteiger partial charge in [0.05, 0.1) is 12.1 Å².